The number of ether oxygens (including phenoxy) is 3. The van der Waals surface area contributed by atoms with Crippen molar-refractivity contribution in [3.63, 3.8) is 0 Å². The third-order valence-electron chi connectivity index (χ3n) is 2.53. The maximum absolute atomic E-state index is 8.57. The third kappa shape index (κ3) is 7.78. The summed E-state index contributed by atoms with van der Waals surface area (Å²) in [6.45, 7) is 7.30. The van der Waals surface area contributed by atoms with Gasteiger partial charge in [-0.2, -0.15) is 5.26 Å². The van der Waals surface area contributed by atoms with Gasteiger partial charge in [0.2, 0.25) is 0 Å². The van der Waals surface area contributed by atoms with Crippen LogP contribution in [0.1, 0.15) is 19.4 Å². The zero-order valence-electron chi connectivity index (χ0n) is 12.3. The number of benzene rings is 1. The second kappa shape index (κ2) is 10.2. The molecule has 0 aliphatic carbocycles. The largest absolute Gasteiger partial charge is 0.491 e. The molecule has 1 aromatic rings. The third-order valence-corrected chi connectivity index (χ3v) is 2.53. The minimum atomic E-state index is 0.430. The summed E-state index contributed by atoms with van der Waals surface area (Å²) in [5.74, 6) is 1.36. The maximum atomic E-state index is 8.57. The van der Waals surface area contributed by atoms with Gasteiger partial charge in [-0.15, -0.1) is 0 Å². The Morgan fingerprint density at radius 2 is 1.65 bits per heavy atom. The lowest BCUT2D eigenvalue weighted by atomic mass is 10.2. The fraction of sp³-hybridized carbons (Fsp3) is 0.562. The van der Waals surface area contributed by atoms with Crippen LogP contribution in [0.5, 0.6) is 5.75 Å². The van der Waals surface area contributed by atoms with E-state index in [2.05, 4.69) is 19.9 Å². The Labute approximate surface area is 121 Å². The van der Waals surface area contributed by atoms with Crippen molar-refractivity contribution in [3.8, 4) is 11.8 Å². The van der Waals surface area contributed by atoms with Crippen molar-refractivity contribution in [1.29, 1.82) is 5.26 Å². The average Bonchev–Trinajstić information content (AvgIpc) is 2.43. The van der Waals surface area contributed by atoms with Crippen LogP contribution in [0.3, 0.4) is 0 Å². The van der Waals surface area contributed by atoms with Crippen molar-refractivity contribution >= 4 is 0 Å². The highest BCUT2D eigenvalue weighted by Gasteiger charge is 1.96. The molecule has 0 aliphatic heterocycles. The Morgan fingerprint density at radius 3 is 2.30 bits per heavy atom. The monoisotopic (exact) mass is 277 g/mol. The van der Waals surface area contributed by atoms with Crippen LogP contribution in [0.15, 0.2) is 24.3 Å². The number of hydrogen-bond donors (Lipinski definition) is 0. The predicted molar refractivity (Wildman–Crippen MR) is 77.7 cm³/mol. The molecule has 110 valence electrons. The number of nitriles is 1. The molecular formula is C16H23NO3. The summed E-state index contributed by atoms with van der Waals surface area (Å²) < 4.78 is 16.3. The van der Waals surface area contributed by atoms with Crippen LogP contribution in [0.25, 0.3) is 0 Å². The minimum absolute atomic E-state index is 0.430. The Kier molecular flexibility index (Phi) is 8.44. The molecule has 0 aliphatic rings. The maximum Gasteiger partial charge on any atom is 0.119 e. The van der Waals surface area contributed by atoms with Gasteiger partial charge in [0, 0.05) is 6.61 Å². The predicted octanol–water partition coefficient (Wildman–Crippen LogP) is 2.82. The van der Waals surface area contributed by atoms with E-state index < -0.39 is 0 Å². The Hall–Kier alpha value is -1.57. The van der Waals surface area contributed by atoms with Gasteiger partial charge in [-0.05, 0) is 23.6 Å². The number of rotatable bonds is 10. The van der Waals surface area contributed by atoms with Crippen molar-refractivity contribution in [2.75, 3.05) is 33.0 Å². The van der Waals surface area contributed by atoms with Crippen LogP contribution >= 0.6 is 0 Å². The molecule has 0 amide bonds. The van der Waals surface area contributed by atoms with Crippen LogP contribution in [0.4, 0.5) is 0 Å². The lowest BCUT2D eigenvalue weighted by molar-refractivity contribution is 0.0282. The summed E-state index contributed by atoms with van der Waals surface area (Å²) in [5, 5.41) is 8.57. The van der Waals surface area contributed by atoms with E-state index in [1.54, 1.807) is 0 Å². The molecule has 0 fully saturated rings. The van der Waals surface area contributed by atoms with E-state index in [4.69, 9.17) is 19.5 Å². The zero-order chi connectivity index (χ0) is 14.6. The summed E-state index contributed by atoms with van der Waals surface area (Å²) in [6.07, 6.45) is 0.430. The lowest BCUT2D eigenvalue weighted by Gasteiger charge is -2.09. The van der Waals surface area contributed by atoms with Crippen LogP contribution in [-0.4, -0.2) is 33.0 Å². The van der Waals surface area contributed by atoms with E-state index in [0.29, 0.717) is 38.8 Å². The number of hydrogen-bond acceptors (Lipinski definition) is 4. The SMILES string of the molecule is CC(C)COCCOCCOc1ccc(CC#N)cc1. The zero-order valence-corrected chi connectivity index (χ0v) is 12.3. The molecule has 4 nitrogen and oxygen atoms in total. The smallest absolute Gasteiger partial charge is 0.119 e. The van der Waals surface area contributed by atoms with Crippen molar-refractivity contribution < 1.29 is 14.2 Å². The highest BCUT2D eigenvalue weighted by molar-refractivity contribution is 5.28. The summed E-state index contributed by atoms with van der Waals surface area (Å²) in [5.41, 5.74) is 0.999. The molecule has 0 saturated carbocycles. The molecule has 1 rings (SSSR count). The van der Waals surface area contributed by atoms with E-state index in [-0.39, 0.29) is 0 Å². The van der Waals surface area contributed by atoms with E-state index in [1.807, 2.05) is 24.3 Å². The van der Waals surface area contributed by atoms with Crippen LogP contribution < -0.4 is 4.74 Å². The van der Waals surface area contributed by atoms with Crippen molar-refractivity contribution in [1.82, 2.24) is 0 Å². The van der Waals surface area contributed by atoms with Gasteiger partial charge in [-0.1, -0.05) is 26.0 Å². The van der Waals surface area contributed by atoms with Gasteiger partial charge in [-0.25, -0.2) is 0 Å². The topological polar surface area (TPSA) is 51.5 Å². The van der Waals surface area contributed by atoms with E-state index >= 15 is 0 Å². The van der Waals surface area contributed by atoms with Crippen LogP contribution in [0, 0.1) is 17.2 Å². The van der Waals surface area contributed by atoms with Gasteiger partial charge in [0.25, 0.3) is 0 Å². The van der Waals surface area contributed by atoms with Crippen molar-refractivity contribution in [2.24, 2.45) is 5.92 Å². The number of nitrogens with zero attached hydrogens (tertiary/aromatic N) is 1. The minimum Gasteiger partial charge on any atom is -0.491 e. The summed E-state index contributed by atoms with van der Waals surface area (Å²) in [7, 11) is 0. The first-order chi connectivity index (χ1) is 9.72. The van der Waals surface area contributed by atoms with Gasteiger partial charge in [0.15, 0.2) is 0 Å². The standard InChI is InChI=1S/C16H23NO3/c1-14(2)13-19-10-9-18-11-12-20-16-5-3-15(4-6-16)7-8-17/h3-6,14H,7,9-13H2,1-2H3. The van der Waals surface area contributed by atoms with Gasteiger partial charge in [-0.3, -0.25) is 0 Å². The summed E-state index contributed by atoms with van der Waals surface area (Å²) in [4.78, 5) is 0. The molecule has 1 aromatic carbocycles. The molecule has 0 spiro atoms. The van der Waals surface area contributed by atoms with Crippen LogP contribution in [0.2, 0.25) is 0 Å². The van der Waals surface area contributed by atoms with E-state index in [1.165, 1.54) is 0 Å². The lowest BCUT2D eigenvalue weighted by Crippen LogP contribution is -2.12. The van der Waals surface area contributed by atoms with Gasteiger partial charge in [0.1, 0.15) is 12.4 Å². The van der Waals surface area contributed by atoms with Gasteiger partial charge < -0.3 is 14.2 Å². The molecule has 0 atom stereocenters. The molecule has 0 radical (unpaired) electrons. The quantitative estimate of drug-likeness (QED) is 0.617. The van der Waals surface area contributed by atoms with Gasteiger partial charge in [0.05, 0.1) is 32.3 Å². The molecule has 0 heterocycles. The fourth-order valence-corrected chi connectivity index (χ4v) is 1.55. The molecular weight excluding hydrogens is 254 g/mol. The van der Waals surface area contributed by atoms with Crippen LogP contribution in [-0.2, 0) is 15.9 Å². The van der Waals surface area contributed by atoms with E-state index in [9.17, 15) is 0 Å². The van der Waals surface area contributed by atoms with Crippen molar-refractivity contribution in [2.45, 2.75) is 20.3 Å². The van der Waals surface area contributed by atoms with Crippen molar-refractivity contribution in [3.05, 3.63) is 29.8 Å². The first kappa shape index (κ1) is 16.5. The van der Waals surface area contributed by atoms with Gasteiger partial charge >= 0.3 is 0 Å². The molecule has 0 saturated heterocycles. The first-order valence-corrected chi connectivity index (χ1v) is 6.96. The average molecular weight is 277 g/mol. The Morgan fingerprint density at radius 1 is 1.00 bits per heavy atom. The summed E-state index contributed by atoms with van der Waals surface area (Å²) in [6, 6.07) is 9.67. The second-order valence-corrected chi connectivity index (χ2v) is 4.91. The second-order valence-electron chi connectivity index (χ2n) is 4.91. The summed E-state index contributed by atoms with van der Waals surface area (Å²) >= 11 is 0. The Bertz CT molecular complexity index is 395. The molecule has 20 heavy (non-hydrogen) atoms. The molecule has 0 bridgehead atoms. The molecule has 0 unspecified atom stereocenters. The highest BCUT2D eigenvalue weighted by Crippen LogP contribution is 2.12. The normalized spacial score (nSPS) is 10.5. The molecule has 4 heteroatoms. The molecule has 0 N–H and O–H groups in total. The fourth-order valence-electron chi connectivity index (χ4n) is 1.55. The Balaban J connectivity index is 2.02. The highest BCUT2D eigenvalue weighted by atomic mass is 16.5. The first-order valence-electron chi connectivity index (χ1n) is 6.96. The molecule has 0 aromatic heterocycles. The van der Waals surface area contributed by atoms with E-state index in [0.717, 1.165) is 17.9 Å².